The zero-order chi connectivity index (χ0) is 20.6. The molecule has 0 aliphatic carbocycles. The first-order valence-electron chi connectivity index (χ1n) is 9.25. The maximum atomic E-state index is 12.5. The Kier molecular flexibility index (Phi) is 6.52. The van der Waals surface area contributed by atoms with Crippen LogP contribution in [0.5, 0.6) is 0 Å². The van der Waals surface area contributed by atoms with Crippen molar-refractivity contribution in [2.24, 2.45) is 0 Å². The summed E-state index contributed by atoms with van der Waals surface area (Å²) in [6.45, 7) is 4.69. The Hall–Kier alpha value is -3.74. The smallest absolute Gasteiger partial charge is 0.338 e. The van der Waals surface area contributed by atoms with Crippen LogP contribution in [0.2, 0.25) is 0 Å². The van der Waals surface area contributed by atoms with Gasteiger partial charge in [0.15, 0.2) is 0 Å². The highest BCUT2D eigenvalue weighted by atomic mass is 16.5. The number of rotatable bonds is 7. The minimum Gasteiger partial charge on any atom is -0.462 e. The number of hydrogen-bond donors (Lipinski definition) is 2. The number of anilines is 2. The number of aromatic nitrogens is 2. The molecule has 0 aliphatic heterocycles. The molecule has 1 aromatic heterocycles. The number of aryl methyl sites for hydroxylation is 1. The molecule has 0 saturated carbocycles. The maximum absolute atomic E-state index is 12.5. The topological polar surface area (TPSA) is 93.2 Å². The highest BCUT2D eigenvalue weighted by Crippen LogP contribution is 2.13. The summed E-state index contributed by atoms with van der Waals surface area (Å²) >= 11 is 0. The lowest BCUT2D eigenvalue weighted by Crippen LogP contribution is -2.15. The van der Waals surface area contributed by atoms with Gasteiger partial charge in [-0.1, -0.05) is 29.8 Å². The van der Waals surface area contributed by atoms with E-state index in [9.17, 15) is 9.59 Å². The quantitative estimate of drug-likeness (QED) is 0.596. The van der Waals surface area contributed by atoms with Crippen molar-refractivity contribution in [2.45, 2.75) is 20.4 Å². The van der Waals surface area contributed by atoms with Crippen molar-refractivity contribution in [1.82, 2.24) is 9.97 Å². The summed E-state index contributed by atoms with van der Waals surface area (Å²) in [7, 11) is 0. The van der Waals surface area contributed by atoms with Crippen LogP contribution in [-0.2, 0) is 11.3 Å². The molecule has 1 heterocycles. The molecule has 3 aromatic rings. The van der Waals surface area contributed by atoms with E-state index in [1.807, 2.05) is 25.1 Å². The van der Waals surface area contributed by atoms with Crippen LogP contribution in [0, 0.1) is 6.92 Å². The standard InChI is InChI=1S/C22H22N4O3/c1-3-29-22(28)17-7-9-18(10-8-17)26-21(27)19-12-20(25-14-24-19)23-13-16-6-4-5-15(2)11-16/h4-12,14H,3,13H2,1-2H3,(H,26,27)(H,23,24,25). The van der Waals surface area contributed by atoms with Crippen molar-refractivity contribution in [2.75, 3.05) is 17.2 Å². The third-order valence-corrected chi connectivity index (χ3v) is 4.11. The summed E-state index contributed by atoms with van der Waals surface area (Å²) in [5, 5.41) is 5.95. The zero-order valence-electron chi connectivity index (χ0n) is 16.3. The predicted octanol–water partition coefficient (Wildman–Crippen LogP) is 3.83. The van der Waals surface area contributed by atoms with Gasteiger partial charge in [-0.3, -0.25) is 4.79 Å². The van der Waals surface area contributed by atoms with E-state index in [0.29, 0.717) is 30.2 Å². The Morgan fingerprint density at radius 3 is 2.55 bits per heavy atom. The summed E-state index contributed by atoms with van der Waals surface area (Å²) in [6.07, 6.45) is 1.34. The molecule has 0 atom stereocenters. The number of esters is 1. The third kappa shape index (κ3) is 5.62. The molecule has 0 radical (unpaired) electrons. The van der Waals surface area contributed by atoms with E-state index in [4.69, 9.17) is 4.74 Å². The van der Waals surface area contributed by atoms with Crippen molar-refractivity contribution >= 4 is 23.4 Å². The van der Waals surface area contributed by atoms with Crippen molar-refractivity contribution in [3.63, 3.8) is 0 Å². The number of hydrogen-bond acceptors (Lipinski definition) is 6. The van der Waals surface area contributed by atoms with E-state index in [0.717, 1.165) is 5.56 Å². The highest BCUT2D eigenvalue weighted by Gasteiger charge is 2.11. The molecule has 2 N–H and O–H groups in total. The average Bonchev–Trinajstić information content (AvgIpc) is 2.73. The van der Waals surface area contributed by atoms with Gasteiger partial charge in [-0.15, -0.1) is 0 Å². The van der Waals surface area contributed by atoms with Crippen LogP contribution in [0.1, 0.15) is 38.9 Å². The fourth-order valence-corrected chi connectivity index (χ4v) is 2.69. The first-order chi connectivity index (χ1) is 14.0. The number of ether oxygens (including phenoxy) is 1. The Bertz CT molecular complexity index is 1000. The Balaban J connectivity index is 1.62. The van der Waals surface area contributed by atoms with Crippen molar-refractivity contribution in [3.05, 3.63) is 83.3 Å². The lowest BCUT2D eigenvalue weighted by atomic mass is 10.1. The maximum Gasteiger partial charge on any atom is 0.338 e. The van der Waals surface area contributed by atoms with Gasteiger partial charge >= 0.3 is 5.97 Å². The summed E-state index contributed by atoms with van der Waals surface area (Å²) in [5.74, 6) is -0.204. The lowest BCUT2D eigenvalue weighted by Gasteiger charge is -2.09. The van der Waals surface area contributed by atoms with Crippen LogP contribution in [-0.4, -0.2) is 28.5 Å². The van der Waals surface area contributed by atoms with Crippen LogP contribution < -0.4 is 10.6 Å². The molecule has 0 saturated heterocycles. The second kappa shape index (κ2) is 9.45. The van der Waals surface area contributed by atoms with Crippen molar-refractivity contribution < 1.29 is 14.3 Å². The molecule has 1 amide bonds. The van der Waals surface area contributed by atoms with E-state index >= 15 is 0 Å². The van der Waals surface area contributed by atoms with E-state index in [-0.39, 0.29) is 11.6 Å². The van der Waals surface area contributed by atoms with Gasteiger partial charge in [-0.2, -0.15) is 0 Å². The predicted molar refractivity (Wildman–Crippen MR) is 111 cm³/mol. The van der Waals surface area contributed by atoms with E-state index < -0.39 is 5.97 Å². The average molecular weight is 390 g/mol. The minimum absolute atomic E-state index is 0.237. The fourth-order valence-electron chi connectivity index (χ4n) is 2.69. The zero-order valence-corrected chi connectivity index (χ0v) is 16.3. The molecule has 0 bridgehead atoms. The number of amides is 1. The molecule has 7 nitrogen and oxygen atoms in total. The Morgan fingerprint density at radius 1 is 1.03 bits per heavy atom. The molecule has 0 spiro atoms. The molecule has 29 heavy (non-hydrogen) atoms. The summed E-state index contributed by atoms with van der Waals surface area (Å²) in [6, 6.07) is 16.2. The largest absolute Gasteiger partial charge is 0.462 e. The van der Waals surface area contributed by atoms with Gasteiger partial charge in [0.25, 0.3) is 5.91 Å². The van der Waals surface area contributed by atoms with Gasteiger partial charge in [0, 0.05) is 18.3 Å². The molecule has 2 aromatic carbocycles. The number of benzene rings is 2. The summed E-state index contributed by atoms with van der Waals surface area (Å²) < 4.78 is 4.94. The van der Waals surface area contributed by atoms with Crippen molar-refractivity contribution in [1.29, 1.82) is 0 Å². The van der Waals surface area contributed by atoms with Gasteiger partial charge in [-0.25, -0.2) is 14.8 Å². The van der Waals surface area contributed by atoms with Gasteiger partial charge < -0.3 is 15.4 Å². The fraction of sp³-hybridized carbons (Fsp3) is 0.182. The van der Waals surface area contributed by atoms with Crippen LogP contribution in [0.4, 0.5) is 11.5 Å². The minimum atomic E-state index is -0.398. The Morgan fingerprint density at radius 2 is 1.83 bits per heavy atom. The number of nitrogens with zero attached hydrogens (tertiary/aromatic N) is 2. The van der Waals surface area contributed by atoms with Crippen molar-refractivity contribution in [3.8, 4) is 0 Å². The molecule has 0 aliphatic rings. The first-order valence-corrected chi connectivity index (χ1v) is 9.25. The number of carbonyl (C=O) groups is 2. The molecule has 7 heteroatoms. The highest BCUT2D eigenvalue weighted by molar-refractivity contribution is 6.03. The monoisotopic (exact) mass is 390 g/mol. The van der Waals surface area contributed by atoms with Crippen LogP contribution in [0.15, 0.2) is 60.9 Å². The molecule has 148 valence electrons. The third-order valence-electron chi connectivity index (χ3n) is 4.11. The van der Waals surface area contributed by atoms with E-state index in [1.165, 1.54) is 11.9 Å². The summed E-state index contributed by atoms with van der Waals surface area (Å²) in [4.78, 5) is 32.4. The molecule has 0 unspecified atom stereocenters. The molecular weight excluding hydrogens is 368 g/mol. The summed E-state index contributed by atoms with van der Waals surface area (Å²) in [5.41, 5.74) is 3.52. The number of nitrogens with one attached hydrogen (secondary N) is 2. The van der Waals surface area contributed by atoms with Crippen LogP contribution in [0.25, 0.3) is 0 Å². The molecular formula is C22H22N4O3. The first kappa shape index (κ1) is 20.0. The van der Waals surface area contributed by atoms with Gasteiger partial charge in [0.2, 0.25) is 0 Å². The molecule has 0 fully saturated rings. The van der Waals surface area contributed by atoms with Gasteiger partial charge in [0.05, 0.1) is 12.2 Å². The normalized spacial score (nSPS) is 10.3. The number of carbonyl (C=O) groups excluding carboxylic acids is 2. The SMILES string of the molecule is CCOC(=O)c1ccc(NC(=O)c2cc(NCc3cccc(C)c3)ncn2)cc1. The Labute approximate surface area is 169 Å². The lowest BCUT2D eigenvalue weighted by molar-refractivity contribution is 0.0526. The van der Waals surface area contributed by atoms with E-state index in [1.54, 1.807) is 37.3 Å². The van der Waals surface area contributed by atoms with Gasteiger partial charge in [-0.05, 0) is 43.7 Å². The van der Waals surface area contributed by atoms with Gasteiger partial charge in [0.1, 0.15) is 17.8 Å². The second-order valence-corrected chi connectivity index (χ2v) is 6.38. The van der Waals surface area contributed by atoms with Crippen LogP contribution in [0.3, 0.4) is 0 Å². The second-order valence-electron chi connectivity index (χ2n) is 6.38. The van der Waals surface area contributed by atoms with Crippen LogP contribution >= 0.6 is 0 Å². The van der Waals surface area contributed by atoms with E-state index in [2.05, 4.69) is 26.7 Å². The molecule has 3 rings (SSSR count).